The van der Waals surface area contributed by atoms with E-state index in [1.54, 1.807) is 13.0 Å². The van der Waals surface area contributed by atoms with Crippen molar-refractivity contribution in [2.24, 2.45) is 0 Å². The fourth-order valence-corrected chi connectivity index (χ4v) is 4.18. The molecule has 2 rings (SSSR count). The lowest BCUT2D eigenvalue weighted by Gasteiger charge is -2.41. The summed E-state index contributed by atoms with van der Waals surface area (Å²) in [6.07, 6.45) is 3.42. The molecular formula is C16H26N2O2S. The van der Waals surface area contributed by atoms with Gasteiger partial charge in [0.15, 0.2) is 9.84 Å². The van der Waals surface area contributed by atoms with Crippen molar-refractivity contribution in [1.29, 1.82) is 0 Å². The molecule has 0 spiro atoms. The van der Waals surface area contributed by atoms with E-state index in [0.29, 0.717) is 17.0 Å². The number of anilines is 1. The average molecular weight is 310 g/mol. The van der Waals surface area contributed by atoms with Gasteiger partial charge in [-0.25, -0.2) is 8.42 Å². The lowest BCUT2D eigenvalue weighted by molar-refractivity contribution is 0.381. The first-order valence-corrected chi connectivity index (χ1v) is 9.42. The largest absolute Gasteiger partial charge is 0.366 e. The van der Waals surface area contributed by atoms with Crippen molar-refractivity contribution in [3.8, 4) is 0 Å². The van der Waals surface area contributed by atoms with Crippen LogP contribution in [0.15, 0.2) is 29.2 Å². The Morgan fingerprint density at radius 1 is 1.33 bits per heavy atom. The molecule has 0 saturated carbocycles. The maximum atomic E-state index is 12.4. The van der Waals surface area contributed by atoms with Gasteiger partial charge < -0.3 is 10.2 Å². The van der Waals surface area contributed by atoms with E-state index in [2.05, 4.69) is 17.1 Å². The smallest absolute Gasteiger partial charge is 0.180 e. The van der Waals surface area contributed by atoms with Crippen LogP contribution in [0.3, 0.4) is 0 Å². The Labute approximate surface area is 128 Å². The SMILES string of the molecule is CCS(=O)(=O)c1ccccc1N1CCCCC1C(C)NC. The predicted octanol–water partition coefficient (Wildman–Crippen LogP) is 2.45. The van der Waals surface area contributed by atoms with Gasteiger partial charge in [0.05, 0.1) is 16.3 Å². The molecule has 0 radical (unpaired) electrons. The van der Waals surface area contributed by atoms with Gasteiger partial charge in [0.25, 0.3) is 0 Å². The molecule has 0 bridgehead atoms. The first-order chi connectivity index (χ1) is 10.0. The first kappa shape index (κ1) is 16.3. The zero-order valence-electron chi connectivity index (χ0n) is 13.2. The Balaban J connectivity index is 2.44. The summed E-state index contributed by atoms with van der Waals surface area (Å²) in [5.74, 6) is 0.143. The molecule has 5 heteroatoms. The average Bonchev–Trinajstić information content (AvgIpc) is 2.54. The van der Waals surface area contributed by atoms with Gasteiger partial charge in [-0.1, -0.05) is 19.1 Å². The minimum atomic E-state index is -3.20. The lowest BCUT2D eigenvalue weighted by Crippen LogP contribution is -2.50. The number of hydrogen-bond donors (Lipinski definition) is 1. The number of nitrogens with zero attached hydrogens (tertiary/aromatic N) is 1. The molecule has 21 heavy (non-hydrogen) atoms. The third-order valence-electron chi connectivity index (χ3n) is 4.47. The second-order valence-corrected chi connectivity index (χ2v) is 7.95. The van der Waals surface area contributed by atoms with Gasteiger partial charge in [-0.05, 0) is 45.4 Å². The fourth-order valence-electron chi connectivity index (χ4n) is 3.08. The van der Waals surface area contributed by atoms with Crippen molar-refractivity contribution in [1.82, 2.24) is 5.32 Å². The lowest BCUT2D eigenvalue weighted by atomic mass is 9.96. The third kappa shape index (κ3) is 3.40. The van der Waals surface area contributed by atoms with Crippen LogP contribution in [0.1, 0.15) is 33.1 Å². The molecule has 1 saturated heterocycles. The van der Waals surface area contributed by atoms with E-state index < -0.39 is 9.84 Å². The van der Waals surface area contributed by atoms with Crippen LogP contribution in [-0.2, 0) is 9.84 Å². The van der Waals surface area contributed by atoms with Gasteiger partial charge in [0, 0.05) is 18.6 Å². The summed E-state index contributed by atoms with van der Waals surface area (Å²) in [6.45, 7) is 4.79. The summed E-state index contributed by atoms with van der Waals surface area (Å²) in [7, 11) is -1.23. The normalized spacial score (nSPS) is 21.3. The minimum Gasteiger partial charge on any atom is -0.366 e. The van der Waals surface area contributed by atoms with E-state index in [1.165, 1.54) is 6.42 Å². The fraction of sp³-hybridized carbons (Fsp3) is 0.625. The number of benzene rings is 1. The maximum absolute atomic E-state index is 12.4. The van der Waals surface area contributed by atoms with Crippen LogP contribution in [0.25, 0.3) is 0 Å². The zero-order valence-corrected chi connectivity index (χ0v) is 14.0. The standard InChI is InChI=1S/C16H26N2O2S/c1-4-21(19,20)16-11-6-5-10-15(16)18-12-8-7-9-14(18)13(2)17-3/h5-6,10-11,13-14,17H,4,7-9,12H2,1-3H3. The first-order valence-electron chi connectivity index (χ1n) is 7.77. The van der Waals surface area contributed by atoms with Crippen LogP contribution < -0.4 is 10.2 Å². The topological polar surface area (TPSA) is 49.4 Å². The molecule has 1 aliphatic rings. The maximum Gasteiger partial charge on any atom is 0.180 e. The molecule has 118 valence electrons. The number of hydrogen-bond acceptors (Lipinski definition) is 4. The van der Waals surface area contributed by atoms with Crippen molar-refractivity contribution >= 4 is 15.5 Å². The summed E-state index contributed by atoms with van der Waals surface area (Å²) in [4.78, 5) is 2.76. The molecule has 4 nitrogen and oxygen atoms in total. The Kier molecular flexibility index (Phi) is 5.27. The van der Waals surface area contributed by atoms with Crippen molar-refractivity contribution < 1.29 is 8.42 Å². The van der Waals surface area contributed by atoms with Crippen molar-refractivity contribution in [2.75, 3.05) is 24.2 Å². The Morgan fingerprint density at radius 2 is 2.05 bits per heavy atom. The van der Waals surface area contributed by atoms with E-state index in [4.69, 9.17) is 0 Å². The van der Waals surface area contributed by atoms with Crippen molar-refractivity contribution in [3.63, 3.8) is 0 Å². The van der Waals surface area contributed by atoms with E-state index in [1.807, 2.05) is 25.2 Å². The van der Waals surface area contributed by atoms with E-state index in [-0.39, 0.29) is 5.75 Å². The summed E-state index contributed by atoms with van der Waals surface area (Å²) < 4.78 is 24.7. The van der Waals surface area contributed by atoms with Crippen LogP contribution >= 0.6 is 0 Å². The second-order valence-electron chi connectivity index (χ2n) is 5.71. The molecule has 1 heterocycles. The molecule has 2 atom stereocenters. The number of nitrogens with one attached hydrogen (secondary N) is 1. The molecule has 2 unspecified atom stereocenters. The second kappa shape index (κ2) is 6.79. The van der Waals surface area contributed by atoms with Crippen LogP contribution in [0.5, 0.6) is 0 Å². The van der Waals surface area contributed by atoms with Gasteiger partial charge >= 0.3 is 0 Å². The minimum absolute atomic E-state index is 0.143. The molecule has 0 aromatic heterocycles. The van der Waals surface area contributed by atoms with E-state index >= 15 is 0 Å². The van der Waals surface area contributed by atoms with Gasteiger partial charge in [0.2, 0.25) is 0 Å². The van der Waals surface area contributed by atoms with Crippen LogP contribution in [0.4, 0.5) is 5.69 Å². The molecule has 0 aliphatic carbocycles. The zero-order chi connectivity index (χ0) is 15.5. The number of sulfone groups is 1. The summed E-state index contributed by atoms with van der Waals surface area (Å²) in [5, 5.41) is 3.32. The molecule has 1 fully saturated rings. The number of likely N-dealkylation sites (N-methyl/N-ethyl adjacent to an activating group) is 1. The number of para-hydroxylation sites is 1. The van der Waals surface area contributed by atoms with Crippen molar-refractivity contribution in [3.05, 3.63) is 24.3 Å². The molecule has 0 amide bonds. The van der Waals surface area contributed by atoms with Gasteiger partial charge in [-0.15, -0.1) is 0 Å². The number of rotatable bonds is 5. The monoisotopic (exact) mass is 310 g/mol. The molecule has 1 N–H and O–H groups in total. The van der Waals surface area contributed by atoms with Gasteiger partial charge in [0.1, 0.15) is 0 Å². The molecule has 1 aliphatic heterocycles. The van der Waals surface area contributed by atoms with Crippen LogP contribution in [0.2, 0.25) is 0 Å². The van der Waals surface area contributed by atoms with E-state index in [0.717, 1.165) is 25.1 Å². The van der Waals surface area contributed by atoms with Gasteiger partial charge in [-0.2, -0.15) is 0 Å². The van der Waals surface area contributed by atoms with E-state index in [9.17, 15) is 8.42 Å². The molecule has 1 aromatic rings. The summed E-state index contributed by atoms with van der Waals surface area (Å²) in [6, 6.07) is 8.11. The summed E-state index contributed by atoms with van der Waals surface area (Å²) in [5.41, 5.74) is 0.867. The predicted molar refractivity (Wildman–Crippen MR) is 87.7 cm³/mol. The highest BCUT2D eigenvalue weighted by molar-refractivity contribution is 7.91. The number of piperidine rings is 1. The third-order valence-corrected chi connectivity index (χ3v) is 6.25. The molecule has 1 aromatic carbocycles. The highest BCUT2D eigenvalue weighted by Gasteiger charge is 2.30. The highest BCUT2D eigenvalue weighted by atomic mass is 32.2. The molecular weight excluding hydrogens is 284 g/mol. The highest BCUT2D eigenvalue weighted by Crippen LogP contribution is 2.32. The van der Waals surface area contributed by atoms with Crippen molar-refractivity contribution in [2.45, 2.75) is 50.1 Å². The van der Waals surface area contributed by atoms with Crippen LogP contribution in [0, 0.1) is 0 Å². The van der Waals surface area contributed by atoms with Gasteiger partial charge in [-0.3, -0.25) is 0 Å². The quantitative estimate of drug-likeness (QED) is 0.907. The Bertz CT molecular complexity index is 571. The Hall–Kier alpha value is -1.07. The summed E-state index contributed by atoms with van der Waals surface area (Å²) >= 11 is 0. The van der Waals surface area contributed by atoms with Crippen LogP contribution in [-0.4, -0.2) is 39.8 Å². The Morgan fingerprint density at radius 3 is 2.71 bits per heavy atom.